The number of carbonyl (C=O) groups is 1. The summed E-state index contributed by atoms with van der Waals surface area (Å²) in [6.45, 7) is 3.87. The van der Waals surface area contributed by atoms with Gasteiger partial charge >= 0.3 is 5.97 Å². The lowest BCUT2D eigenvalue weighted by Crippen LogP contribution is -2.23. The number of hydrogen-bond acceptors (Lipinski definition) is 8. The molecule has 4 rings (SSSR count). The van der Waals surface area contributed by atoms with Crippen LogP contribution < -0.4 is 28.4 Å². The number of carbonyl (C=O) groups excluding carboxylic acids is 1. The molecule has 0 saturated carbocycles. The molecule has 2 aliphatic rings. The van der Waals surface area contributed by atoms with Crippen molar-refractivity contribution in [3.63, 3.8) is 0 Å². The van der Waals surface area contributed by atoms with Crippen LogP contribution >= 0.6 is 0 Å². The first kappa shape index (κ1) is 20.7. The van der Waals surface area contributed by atoms with Crippen LogP contribution in [0, 0.1) is 0 Å². The number of esters is 1. The van der Waals surface area contributed by atoms with E-state index in [-0.39, 0.29) is 13.4 Å². The average Bonchev–Trinajstić information content (AvgIpc) is 3.23. The van der Waals surface area contributed by atoms with Gasteiger partial charge in [0.1, 0.15) is 11.5 Å². The molecule has 164 valence electrons. The summed E-state index contributed by atoms with van der Waals surface area (Å²) in [6, 6.07) is 7.24. The minimum Gasteiger partial charge on any atom is -0.493 e. The molecule has 0 N–H and O–H groups in total. The highest BCUT2D eigenvalue weighted by Crippen LogP contribution is 2.51. The predicted octanol–water partition coefficient (Wildman–Crippen LogP) is 3.80. The van der Waals surface area contributed by atoms with E-state index in [1.807, 2.05) is 18.2 Å². The SMILES string of the molecule is CCOC(=O)C1=C(C)Oc2cc3c(cc2[C@H]1c1cc(OC)c(OC)c(OC)c1)OCO3. The minimum absolute atomic E-state index is 0.129. The van der Waals surface area contributed by atoms with Crippen molar-refractivity contribution in [2.75, 3.05) is 34.7 Å². The molecule has 2 aromatic carbocycles. The number of rotatable bonds is 6. The van der Waals surface area contributed by atoms with Crippen LogP contribution in [-0.2, 0) is 9.53 Å². The molecule has 0 bridgehead atoms. The van der Waals surface area contributed by atoms with Crippen LogP contribution in [0.5, 0.6) is 34.5 Å². The van der Waals surface area contributed by atoms with Gasteiger partial charge in [0.2, 0.25) is 12.5 Å². The largest absolute Gasteiger partial charge is 0.493 e. The van der Waals surface area contributed by atoms with E-state index in [1.165, 1.54) is 0 Å². The number of hydrogen-bond donors (Lipinski definition) is 0. The molecule has 0 aromatic heterocycles. The third-order valence-corrected chi connectivity index (χ3v) is 5.26. The Hall–Kier alpha value is -3.55. The van der Waals surface area contributed by atoms with E-state index < -0.39 is 11.9 Å². The second-order valence-corrected chi connectivity index (χ2v) is 6.93. The zero-order chi connectivity index (χ0) is 22.1. The summed E-state index contributed by atoms with van der Waals surface area (Å²) in [5.41, 5.74) is 1.88. The normalized spacial score (nSPS) is 16.4. The molecule has 0 saturated heterocycles. The average molecular weight is 428 g/mol. The Bertz CT molecular complexity index is 1030. The van der Waals surface area contributed by atoms with Crippen molar-refractivity contribution in [1.29, 1.82) is 0 Å². The molecule has 0 spiro atoms. The highest BCUT2D eigenvalue weighted by atomic mass is 16.7. The molecule has 0 amide bonds. The van der Waals surface area contributed by atoms with E-state index >= 15 is 0 Å². The monoisotopic (exact) mass is 428 g/mol. The molecule has 0 unspecified atom stereocenters. The Kier molecular flexibility index (Phi) is 5.54. The van der Waals surface area contributed by atoms with Gasteiger partial charge in [-0.15, -0.1) is 0 Å². The third kappa shape index (κ3) is 3.48. The van der Waals surface area contributed by atoms with Crippen molar-refractivity contribution >= 4 is 5.97 Å². The Labute approximate surface area is 180 Å². The summed E-state index contributed by atoms with van der Waals surface area (Å²) < 4.78 is 38.9. The lowest BCUT2D eigenvalue weighted by molar-refractivity contribution is -0.139. The highest BCUT2D eigenvalue weighted by Gasteiger charge is 2.37. The molecule has 0 fully saturated rings. The number of benzene rings is 2. The first-order chi connectivity index (χ1) is 15.0. The van der Waals surface area contributed by atoms with Crippen molar-refractivity contribution in [3.05, 3.63) is 46.7 Å². The van der Waals surface area contributed by atoms with Crippen molar-refractivity contribution in [2.45, 2.75) is 19.8 Å². The van der Waals surface area contributed by atoms with E-state index in [9.17, 15) is 4.79 Å². The Morgan fingerprint density at radius 2 is 1.61 bits per heavy atom. The van der Waals surface area contributed by atoms with Crippen LogP contribution in [0.4, 0.5) is 0 Å². The van der Waals surface area contributed by atoms with E-state index in [0.29, 0.717) is 45.8 Å². The molecule has 31 heavy (non-hydrogen) atoms. The van der Waals surface area contributed by atoms with Crippen LogP contribution in [-0.4, -0.2) is 40.7 Å². The van der Waals surface area contributed by atoms with Crippen LogP contribution in [0.25, 0.3) is 0 Å². The summed E-state index contributed by atoms with van der Waals surface area (Å²) in [4.78, 5) is 13.0. The first-order valence-corrected chi connectivity index (χ1v) is 9.81. The predicted molar refractivity (Wildman–Crippen MR) is 110 cm³/mol. The highest BCUT2D eigenvalue weighted by molar-refractivity contribution is 5.93. The lowest BCUT2D eigenvalue weighted by atomic mass is 9.81. The summed E-state index contributed by atoms with van der Waals surface area (Å²) in [5.74, 6) is 2.66. The van der Waals surface area contributed by atoms with Gasteiger partial charge in [-0.2, -0.15) is 0 Å². The number of methoxy groups -OCH3 is 3. The molecule has 0 aliphatic carbocycles. The van der Waals surface area contributed by atoms with Gasteiger partial charge in [0, 0.05) is 17.5 Å². The van der Waals surface area contributed by atoms with Crippen molar-refractivity contribution in [1.82, 2.24) is 0 Å². The van der Waals surface area contributed by atoms with Gasteiger partial charge < -0.3 is 33.2 Å². The maximum Gasteiger partial charge on any atom is 0.338 e. The Morgan fingerprint density at radius 1 is 0.968 bits per heavy atom. The fraction of sp³-hybridized carbons (Fsp3) is 0.348. The third-order valence-electron chi connectivity index (χ3n) is 5.26. The Balaban J connectivity index is 1.96. The van der Waals surface area contributed by atoms with Gasteiger partial charge in [0.05, 0.1) is 33.5 Å². The maximum atomic E-state index is 13.0. The summed E-state index contributed by atoms with van der Waals surface area (Å²) >= 11 is 0. The van der Waals surface area contributed by atoms with Crippen LogP contribution in [0.3, 0.4) is 0 Å². The van der Waals surface area contributed by atoms with Gasteiger partial charge in [-0.3, -0.25) is 0 Å². The smallest absolute Gasteiger partial charge is 0.338 e. The van der Waals surface area contributed by atoms with E-state index in [1.54, 1.807) is 41.2 Å². The number of ether oxygens (including phenoxy) is 7. The fourth-order valence-corrected chi connectivity index (χ4v) is 3.92. The molecule has 0 radical (unpaired) electrons. The zero-order valence-corrected chi connectivity index (χ0v) is 18.1. The Morgan fingerprint density at radius 3 is 2.19 bits per heavy atom. The van der Waals surface area contributed by atoms with Gasteiger partial charge in [0.25, 0.3) is 0 Å². The fourth-order valence-electron chi connectivity index (χ4n) is 3.92. The van der Waals surface area contributed by atoms with E-state index in [2.05, 4.69) is 0 Å². The molecule has 1 atom stereocenters. The number of fused-ring (bicyclic) bond motifs is 2. The standard InChI is InChI=1S/C23H24O8/c1-6-28-23(24)20-12(2)31-15-10-17-16(29-11-30-17)9-14(15)21(20)13-7-18(25-3)22(27-5)19(8-13)26-4/h7-10,21H,6,11H2,1-5H3/t21-/m1/s1. The topological polar surface area (TPSA) is 81.7 Å². The van der Waals surface area contributed by atoms with Gasteiger partial charge in [-0.25, -0.2) is 4.79 Å². The van der Waals surface area contributed by atoms with Gasteiger partial charge in [0.15, 0.2) is 23.0 Å². The van der Waals surface area contributed by atoms with Crippen LogP contribution in [0.15, 0.2) is 35.6 Å². The molecule has 8 nitrogen and oxygen atoms in total. The van der Waals surface area contributed by atoms with Crippen molar-refractivity contribution in [2.24, 2.45) is 0 Å². The van der Waals surface area contributed by atoms with Crippen molar-refractivity contribution < 1.29 is 38.0 Å². The summed E-state index contributed by atoms with van der Waals surface area (Å²) in [7, 11) is 4.63. The molecular formula is C23H24O8. The van der Waals surface area contributed by atoms with Gasteiger partial charge in [-0.1, -0.05) is 0 Å². The molecular weight excluding hydrogens is 404 g/mol. The lowest BCUT2D eigenvalue weighted by Gasteiger charge is -2.30. The summed E-state index contributed by atoms with van der Waals surface area (Å²) in [6.07, 6.45) is 0. The number of allylic oxidation sites excluding steroid dienone is 1. The van der Waals surface area contributed by atoms with E-state index in [4.69, 9.17) is 33.2 Å². The van der Waals surface area contributed by atoms with Gasteiger partial charge in [-0.05, 0) is 37.6 Å². The second kappa shape index (κ2) is 8.29. The summed E-state index contributed by atoms with van der Waals surface area (Å²) in [5, 5.41) is 0. The minimum atomic E-state index is -0.508. The molecule has 8 heteroatoms. The van der Waals surface area contributed by atoms with Crippen molar-refractivity contribution in [3.8, 4) is 34.5 Å². The molecule has 2 heterocycles. The van der Waals surface area contributed by atoms with Crippen LogP contribution in [0.2, 0.25) is 0 Å². The molecule has 2 aromatic rings. The molecule has 2 aliphatic heterocycles. The maximum absolute atomic E-state index is 13.0. The van der Waals surface area contributed by atoms with E-state index in [0.717, 1.165) is 11.1 Å². The zero-order valence-electron chi connectivity index (χ0n) is 18.1. The second-order valence-electron chi connectivity index (χ2n) is 6.93. The first-order valence-electron chi connectivity index (χ1n) is 9.81. The quantitative estimate of drug-likeness (QED) is 0.643. The van der Waals surface area contributed by atoms with Crippen LogP contribution in [0.1, 0.15) is 30.9 Å².